The quantitative estimate of drug-likeness (QED) is 0.732. The molecule has 1 N–H and O–H groups in total. The van der Waals surface area contributed by atoms with E-state index < -0.39 is 0 Å². The predicted molar refractivity (Wildman–Crippen MR) is 73.9 cm³/mol. The molecular formula is C15H25NO. The monoisotopic (exact) mass is 235 g/mol. The first-order chi connectivity index (χ1) is 8.16. The highest BCUT2D eigenvalue weighted by atomic mass is 16.5. The summed E-state index contributed by atoms with van der Waals surface area (Å²) in [6, 6.07) is 4.28. The summed E-state index contributed by atoms with van der Waals surface area (Å²) < 4.78 is 5.87. The molecule has 0 aromatic heterocycles. The zero-order valence-electron chi connectivity index (χ0n) is 11.6. The zero-order valence-corrected chi connectivity index (χ0v) is 11.6. The van der Waals surface area contributed by atoms with Crippen molar-refractivity contribution < 1.29 is 4.74 Å². The summed E-state index contributed by atoms with van der Waals surface area (Å²) in [5, 5.41) is 3.39. The Morgan fingerprint density at radius 1 is 1.06 bits per heavy atom. The largest absolute Gasteiger partial charge is 0.492 e. The van der Waals surface area contributed by atoms with Gasteiger partial charge in [0.15, 0.2) is 0 Å². The normalized spacial score (nSPS) is 10.6. The third-order valence-corrected chi connectivity index (χ3v) is 3.11. The number of rotatable bonds is 7. The minimum atomic E-state index is 0.745. The summed E-state index contributed by atoms with van der Waals surface area (Å²) in [7, 11) is 0. The van der Waals surface area contributed by atoms with E-state index in [9.17, 15) is 0 Å². The van der Waals surface area contributed by atoms with Gasteiger partial charge in [-0.15, -0.1) is 0 Å². The van der Waals surface area contributed by atoms with Crippen LogP contribution in [0.3, 0.4) is 0 Å². The second-order valence-electron chi connectivity index (χ2n) is 4.61. The molecule has 0 bridgehead atoms. The summed E-state index contributed by atoms with van der Waals surface area (Å²) >= 11 is 0. The summed E-state index contributed by atoms with van der Waals surface area (Å²) in [5.74, 6) is 1.06. The number of aryl methyl sites for hydroxylation is 2. The number of nitrogens with one attached hydrogen (secondary N) is 1. The molecule has 0 saturated carbocycles. The first kappa shape index (κ1) is 14.0. The van der Waals surface area contributed by atoms with Crippen LogP contribution in [0.5, 0.6) is 5.75 Å². The molecule has 1 rings (SSSR count). The number of ether oxygens (including phenoxy) is 1. The Kier molecular flexibility index (Phi) is 6.06. The minimum Gasteiger partial charge on any atom is -0.492 e. The molecule has 0 amide bonds. The Morgan fingerprint density at radius 2 is 1.76 bits per heavy atom. The van der Waals surface area contributed by atoms with Gasteiger partial charge < -0.3 is 10.1 Å². The molecule has 0 aliphatic rings. The van der Waals surface area contributed by atoms with Crippen molar-refractivity contribution >= 4 is 0 Å². The van der Waals surface area contributed by atoms with Gasteiger partial charge in [-0.25, -0.2) is 0 Å². The van der Waals surface area contributed by atoms with Gasteiger partial charge in [-0.2, -0.15) is 0 Å². The highest BCUT2D eigenvalue weighted by Crippen LogP contribution is 2.25. The minimum absolute atomic E-state index is 0.745. The third kappa shape index (κ3) is 4.39. The van der Waals surface area contributed by atoms with Crippen LogP contribution in [-0.2, 0) is 0 Å². The average Bonchev–Trinajstić information content (AvgIpc) is 2.32. The molecule has 0 radical (unpaired) electrons. The van der Waals surface area contributed by atoms with E-state index in [1.807, 2.05) is 0 Å². The van der Waals surface area contributed by atoms with Crippen molar-refractivity contribution in [2.24, 2.45) is 0 Å². The maximum absolute atomic E-state index is 5.87. The number of hydrogen-bond donors (Lipinski definition) is 1. The highest BCUT2D eigenvalue weighted by Gasteiger charge is 2.05. The Bertz CT molecular complexity index is 347. The molecule has 0 atom stereocenters. The van der Waals surface area contributed by atoms with Crippen LogP contribution in [0.4, 0.5) is 0 Å². The topological polar surface area (TPSA) is 21.3 Å². The van der Waals surface area contributed by atoms with E-state index >= 15 is 0 Å². The van der Waals surface area contributed by atoms with Crippen LogP contribution < -0.4 is 10.1 Å². The molecule has 96 valence electrons. The molecule has 0 fully saturated rings. The molecule has 2 nitrogen and oxygen atoms in total. The number of hydrogen-bond acceptors (Lipinski definition) is 2. The van der Waals surface area contributed by atoms with E-state index in [1.54, 1.807) is 0 Å². The smallest absolute Gasteiger partial charge is 0.125 e. The summed E-state index contributed by atoms with van der Waals surface area (Å²) in [4.78, 5) is 0. The second-order valence-corrected chi connectivity index (χ2v) is 4.61. The van der Waals surface area contributed by atoms with Crippen LogP contribution in [0, 0.1) is 20.8 Å². The van der Waals surface area contributed by atoms with Gasteiger partial charge >= 0.3 is 0 Å². The van der Waals surface area contributed by atoms with E-state index in [1.165, 1.54) is 29.5 Å². The third-order valence-electron chi connectivity index (χ3n) is 3.11. The van der Waals surface area contributed by atoms with Crippen molar-refractivity contribution in [3.63, 3.8) is 0 Å². The van der Waals surface area contributed by atoms with E-state index in [2.05, 4.69) is 45.1 Å². The maximum atomic E-state index is 5.87. The molecule has 0 aliphatic carbocycles. The average molecular weight is 235 g/mol. The molecule has 0 saturated heterocycles. The summed E-state index contributed by atoms with van der Waals surface area (Å²) in [5.41, 5.74) is 3.78. The highest BCUT2D eigenvalue weighted by molar-refractivity contribution is 5.44. The fourth-order valence-corrected chi connectivity index (χ4v) is 1.80. The summed E-state index contributed by atoms with van der Waals surface area (Å²) in [6.45, 7) is 11.3. The van der Waals surface area contributed by atoms with Gasteiger partial charge in [0.05, 0.1) is 0 Å². The lowest BCUT2D eigenvalue weighted by molar-refractivity contribution is 0.309. The van der Waals surface area contributed by atoms with Gasteiger partial charge in [0, 0.05) is 6.54 Å². The van der Waals surface area contributed by atoms with Crippen molar-refractivity contribution in [2.45, 2.75) is 40.5 Å². The molecule has 1 aromatic rings. The number of benzene rings is 1. The van der Waals surface area contributed by atoms with Gasteiger partial charge in [0.2, 0.25) is 0 Å². The van der Waals surface area contributed by atoms with Crippen molar-refractivity contribution in [1.29, 1.82) is 0 Å². The van der Waals surface area contributed by atoms with Gasteiger partial charge in [0.1, 0.15) is 12.4 Å². The standard InChI is InChI=1S/C15H25NO/c1-5-6-9-16-10-11-17-15-13(3)8-7-12(2)14(15)4/h7-8,16H,5-6,9-11H2,1-4H3. The van der Waals surface area contributed by atoms with E-state index in [0.29, 0.717) is 0 Å². The Labute approximate surface area is 105 Å². The van der Waals surface area contributed by atoms with Crippen LogP contribution in [0.1, 0.15) is 36.5 Å². The van der Waals surface area contributed by atoms with Gasteiger partial charge in [-0.1, -0.05) is 25.5 Å². The molecule has 17 heavy (non-hydrogen) atoms. The molecule has 0 spiro atoms. The molecular weight excluding hydrogens is 210 g/mol. The second kappa shape index (κ2) is 7.33. The fraction of sp³-hybridized carbons (Fsp3) is 0.600. The molecule has 0 heterocycles. The predicted octanol–water partition coefficient (Wildman–Crippen LogP) is 3.38. The fourth-order valence-electron chi connectivity index (χ4n) is 1.80. The van der Waals surface area contributed by atoms with Crippen LogP contribution in [0.25, 0.3) is 0 Å². The van der Waals surface area contributed by atoms with Crippen molar-refractivity contribution in [3.8, 4) is 5.75 Å². The molecule has 2 heteroatoms. The van der Waals surface area contributed by atoms with Crippen LogP contribution in [0.15, 0.2) is 12.1 Å². The van der Waals surface area contributed by atoms with Crippen molar-refractivity contribution in [2.75, 3.05) is 19.7 Å². The van der Waals surface area contributed by atoms with Crippen LogP contribution in [-0.4, -0.2) is 19.7 Å². The SMILES string of the molecule is CCCCNCCOc1c(C)ccc(C)c1C. The van der Waals surface area contributed by atoms with Crippen molar-refractivity contribution in [3.05, 3.63) is 28.8 Å². The summed E-state index contributed by atoms with van der Waals surface area (Å²) in [6.07, 6.45) is 2.48. The Morgan fingerprint density at radius 3 is 2.47 bits per heavy atom. The number of unbranched alkanes of at least 4 members (excludes halogenated alkanes) is 1. The first-order valence-electron chi connectivity index (χ1n) is 6.57. The van der Waals surface area contributed by atoms with E-state index in [4.69, 9.17) is 4.74 Å². The lowest BCUT2D eigenvalue weighted by atomic mass is 10.1. The van der Waals surface area contributed by atoms with Gasteiger partial charge in [-0.05, 0) is 50.4 Å². The molecule has 1 aromatic carbocycles. The van der Waals surface area contributed by atoms with Gasteiger partial charge in [0.25, 0.3) is 0 Å². The van der Waals surface area contributed by atoms with E-state index in [0.717, 1.165) is 25.4 Å². The van der Waals surface area contributed by atoms with Crippen LogP contribution in [0.2, 0.25) is 0 Å². The lowest BCUT2D eigenvalue weighted by Gasteiger charge is -2.14. The maximum Gasteiger partial charge on any atom is 0.125 e. The van der Waals surface area contributed by atoms with Crippen molar-refractivity contribution in [1.82, 2.24) is 5.32 Å². The Balaban J connectivity index is 2.39. The van der Waals surface area contributed by atoms with Gasteiger partial charge in [-0.3, -0.25) is 0 Å². The first-order valence-corrected chi connectivity index (χ1v) is 6.57. The van der Waals surface area contributed by atoms with Crippen LogP contribution >= 0.6 is 0 Å². The molecule has 0 aliphatic heterocycles. The van der Waals surface area contributed by atoms with E-state index in [-0.39, 0.29) is 0 Å². The molecule has 0 unspecified atom stereocenters. The lowest BCUT2D eigenvalue weighted by Crippen LogP contribution is -2.22. The Hall–Kier alpha value is -1.02. The zero-order chi connectivity index (χ0) is 12.7.